The van der Waals surface area contributed by atoms with E-state index in [1.54, 1.807) is 6.07 Å². The minimum atomic E-state index is -0.332. The number of carbonyl (C=O) groups excluding carboxylic acids is 1. The van der Waals surface area contributed by atoms with E-state index in [1.165, 1.54) is 32.4 Å². The zero-order valence-corrected chi connectivity index (χ0v) is 12.0. The minimum Gasteiger partial charge on any atom is -0.497 e. The Morgan fingerprint density at radius 2 is 2.09 bits per heavy atom. The fourth-order valence-electron chi connectivity index (χ4n) is 2.37. The zero-order valence-electron chi connectivity index (χ0n) is 12.0. The molecule has 0 radical (unpaired) electrons. The van der Waals surface area contributed by atoms with Crippen molar-refractivity contribution in [3.05, 3.63) is 45.9 Å². The number of nitrogens with zero attached hydrogens (tertiary/aromatic N) is 1. The van der Waals surface area contributed by atoms with E-state index in [1.807, 2.05) is 0 Å². The quantitative estimate of drug-likeness (QED) is 0.588. The van der Waals surface area contributed by atoms with E-state index in [9.17, 15) is 9.59 Å². The number of hydrogen-bond acceptors (Lipinski definition) is 6. The second kappa shape index (κ2) is 5.23. The normalized spacial score (nSPS) is 11.0. The second-order valence-electron chi connectivity index (χ2n) is 4.87. The summed E-state index contributed by atoms with van der Waals surface area (Å²) in [6.07, 6.45) is 1.35. The molecule has 22 heavy (non-hydrogen) atoms. The number of carbonyl (C=O) groups is 1. The molecule has 2 aromatic heterocycles. The molecule has 0 aliphatic rings. The predicted molar refractivity (Wildman–Crippen MR) is 80.3 cm³/mol. The number of pyridine rings is 1. The Morgan fingerprint density at radius 3 is 2.73 bits per heavy atom. The number of aliphatic hydroxyl groups excluding tert-OH is 1. The minimum absolute atomic E-state index is 0.208. The van der Waals surface area contributed by atoms with Crippen LogP contribution in [0, 0.1) is 0 Å². The van der Waals surface area contributed by atoms with Gasteiger partial charge in [0.15, 0.2) is 5.78 Å². The first kappa shape index (κ1) is 14.2. The third-order valence-corrected chi connectivity index (χ3v) is 3.47. The third-order valence-electron chi connectivity index (χ3n) is 3.47. The smallest absolute Gasteiger partial charge is 0.202 e. The van der Waals surface area contributed by atoms with Gasteiger partial charge >= 0.3 is 0 Å². The number of benzene rings is 1. The molecule has 2 heterocycles. The molecule has 3 rings (SSSR count). The van der Waals surface area contributed by atoms with Crippen LogP contribution in [-0.2, 0) is 6.61 Å². The van der Waals surface area contributed by atoms with Gasteiger partial charge in [0.25, 0.3) is 0 Å². The number of hydrogen-bond donors (Lipinski definition) is 1. The first-order chi connectivity index (χ1) is 10.5. The summed E-state index contributed by atoms with van der Waals surface area (Å²) in [5.41, 5.74) is 0.874. The van der Waals surface area contributed by atoms with Gasteiger partial charge in [-0.15, -0.1) is 0 Å². The van der Waals surface area contributed by atoms with Crippen LogP contribution in [0.2, 0.25) is 0 Å². The van der Waals surface area contributed by atoms with Crippen LogP contribution in [0.1, 0.15) is 23.0 Å². The van der Waals surface area contributed by atoms with Gasteiger partial charge in [-0.1, -0.05) is 0 Å². The summed E-state index contributed by atoms with van der Waals surface area (Å²) in [6, 6.07) is 4.58. The number of ketones is 1. The van der Waals surface area contributed by atoms with E-state index < -0.39 is 0 Å². The van der Waals surface area contributed by atoms with Crippen LogP contribution in [0.4, 0.5) is 0 Å². The number of methoxy groups -OCH3 is 1. The molecule has 112 valence electrons. The van der Waals surface area contributed by atoms with Crippen LogP contribution in [0.15, 0.2) is 33.6 Å². The van der Waals surface area contributed by atoms with E-state index in [4.69, 9.17) is 14.3 Å². The van der Waals surface area contributed by atoms with E-state index in [-0.39, 0.29) is 39.7 Å². The van der Waals surface area contributed by atoms with Gasteiger partial charge < -0.3 is 14.3 Å². The Bertz CT molecular complexity index is 958. The molecular weight excluding hydrogens is 286 g/mol. The Balaban J connectivity index is 2.50. The SMILES string of the molecule is COc1cc(C(C)=O)c2c(=O)c3cnc(CO)cc3oc2c1. The van der Waals surface area contributed by atoms with Crippen LogP contribution in [0.25, 0.3) is 21.9 Å². The van der Waals surface area contributed by atoms with Crippen molar-refractivity contribution < 1.29 is 19.1 Å². The van der Waals surface area contributed by atoms with Crippen molar-refractivity contribution in [3.8, 4) is 5.75 Å². The molecule has 0 amide bonds. The number of Topliss-reactive ketones (excluding diaryl/α,β-unsaturated/α-hetero) is 1. The molecule has 0 unspecified atom stereocenters. The first-order valence-electron chi connectivity index (χ1n) is 6.60. The number of rotatable bonds is 3. The third kappa shape index (κ3) is 2.14. The van der Waals surface area contributed by atoms with Crippen LogP contribution in [0.5, 0.6) is 5.75 Å². The lowest BCUT2D eigenvalue weighted by Crippen LogP contribution is -2.09. The van der Waals surface area contributed by atoms with Gasteiger partial charge in [-0.25, -0.2) is 0 Å². The van der Waals surface area contributed by atoms with Gasteiger partial charge in [-0.05, 0) is 13.0 Å². The monoisotopic (exact) mass is 299 g/mol. The maximum atomic E-state index is 12.7. The molecule has 6 nitrogen and oxygen atoms in total. The van der Waals surface area contributed by atoms with Crippen molar-refractivity contribution in [2.45, 2.75) is 13.5 Å². The highest BCUT2D eigenvalue weighted by Gasteiger charge is 2.16. The van der Waals surface area contributed by atoms with Gasteiger partial charge in [-0.3, -0.25) is 14.6 Å². The summed E-state index contributed by atoms with van der Waals surface area (Å²) in [7, 11) is 1.47. The fraction of sp³-hybridized carbons (Fsp3) is 0.188. The Kier molecular flexibility index (Phi) is 3.38. The number of fused-ring (bicyclic) bond motifs is 2. The highest BCUT2D eigenvalue weighted by molar-refractivity contribution is 6.08. The average Bonchev–Trinajstić information content (AvgIpc) is 2.53. The Labute approximate surface area is 125 Å². The molecule has 6 heteroatoms. The summed E-state index contributed by atoms with van der Waals surface area (Å²) < 4.78 is 10.9. The molecule has 3 aromatic rings. The lowest BCUT2D eigenvalue weighted by Gasteiger charge is -2.08. The zero-order chi connectivity index (χ0) is 15.9. The Morgan fingerprint density at radius 1 is 1.32 bits per heavy atom. The number of aromatic nitrogens is 1. The highest BCUT2D eigenvalue weighted by Crippen LogP contribution is 2.26. The molecule has 0 aliphatic heterocycles. The van der Waals surface area contributed by atoms with Crippen LogP contribution < -0.4 is 10.2 Å². The molecule has 0 bridgehead atoms. The van der Waals surface area contributed by atoms with Crippen LogP contribution in [-0.4, -0.2) is 23.0 Å². The standard InChI is InChI=1S/C16H13NO5/c1-8(19)11-4-10(21-2)5-14-15(11)16(20)12-6-17-9(7-18)3-13(12)22-14/h3-6,18H,7H2,1-2H3. The molecule has 0 fully saturated rings. The van der Waals surface area contributed by atoms with Gasteiger partial charge in [-0.2, -0.15) is 0 Å². The van der Waals surface area contributed by atoms with Crippen molar-refractivity contribution in [1.82, 2.24) is 4.98 Å². The van der Waals surface area contributed by atoms with Crippen LogP contribution >= 0.6 is 0 Å². The maximum Gasteiger partial charge on any atom is 0.202 e. The maximum absolute atomic E-state index is 12.7. The molecular formula is C16H13NO5. The van der Waals surface area contributed by atoms with E-state index in [0.29, 0.717) is 17.0 Å². The molecule has 0 saturated heterocycles. The molecule has 0 aliphatic carbocycles. The fourth-order valence-corrected chi connectivity index (χ4v) is 2.37. The van der Waals surface area contributed by atoms with Gasteiger partial charge in [0.2, 0.25) is 5.43 Å². The van der Waals surface area contributed by atoms with Crippen molar-refractivity contribution in [2.75, 3.05) is 7.11 Å². The van der Waals surface area contributed by atoms with Gasteiger partial charge in [0, 0.05) is 23.9 Å². The topological polar surface area (TPSA) is 89.6 Å². The van der Waals surface area contributed by atoms with Crippen molar-refractivity contribution >= 4 is 27.7 Å². The van der Waals surface area contributed by atoms with Crippen molar-refractivity contribution in [2.24, 2.45) is 0 Å². The van der Waals surface area contributed by atoms with Crippen molar-refractivity contribution in [1.29, 1.82) is 0 Å². The average molecular weight is 299 g/mol. The van der Waals surface area contributed by atoms with E-state index >= 15 is 0 Å². The van der Waals surface area contributed by atoms with Crippen LogP contribution in [0.3, 0.4) is 0 Å². The summed E-state index contributed by atoms with van der Waals surface area (Å²) in [4.78, 5) is 28.5. The summed E-state index contributed by atoms with van der Waals surface area (Å²) in [5, 5.41) is 9.60. The van der Waals surface area contributed by atoms with E-state index in [2.05, 4.69) is 4.98 Å². The molecule has 1 aromatic carbocycles. The highest BCUT2D eigenvalue weighted by atomic mass is 16.5. The lowest BCUT2D eigenvalue weighted by molar-refractivity contribution is 0.101. The Hall–Kier alpha value is -2.73. The summed E-state index contributed by atoms with van der Waals surface area (Å²) >= 11 is 0. The summed E-state index contributed by atoms with van der Waals surface area (Å²) in [6.45, 7) is 1.12. The molecule has 1 N–H and O–H groups in total. The molecule has 0 atom stereocenters. The number of aliphatic hydroxyl groups is 1. The lowest BCUT2D eigenvalue weighted by atomic mass is 10.0. The molecule has 0 saturated carbocycles. The van der Waals surface area contributed by atoms with Gasteiger partial charge in [0.1, 0.15) is 16.9 Å². The summed E-state index contributed by atoms with van der Waals surface area (Å²) in [5.74, 6) is 0.173. The predicted octanol–water partition coefficient (Wildman–Crippen LogP) is 2.04. The largest absolute Gasteiger partial charge is 0.497 e. The number of ether oxygens (including phenoxy) is 1. The first-order valence-corrected chi connectivity index (χ1v) is 6.60. The van der Waals surface area contributed by atoms with E-state index in [0.717, 1.165) is 0 Å². The van der Waals surface area contributed by atoms with Crippen molar-refractivity contribution in [3.63, 3.8) is 0 Å². The second-order valence-corrected chi connectivity index (χ2v) is 4.87. The molecule has 0 spiro atoms. The van der Waals surface area contributed by atoms with Gasteiger partial charge in [0.05, 0.1) is 30.2 Å².